The number of aromatic nitrogens is 1. The van der Waals surface area contributed by atoms with Crippen LogP contribution in [0.1, 0.15) is 35.0 Å². The summed E-state index contributed by atoms with van der Waals surface area (Å²) in [5.41, 5.74) is -0.119. The Kier molecular flexibility index (Phi) is 8.12. The monoisotopic (exact) mass is 652 g/mol. The van der Waals surface area contributed by atoms with E-state index in [1.54, 1.807) is 23.1 Å². The molecule has 236 valence electrons. The second kappa shape index (κ2) is 11.8. The maximum absolute atomic E-state index is 15.4. The van der Waals surface area contributed by atoms with Gasteiger partial charge in [0, 0.05) is 29.2 Å². The van der Waals surface area contributed by atoms with Crippen molar-refractivity contribution in [2.75, 3.05) is 39.2 Å². The number of halogens is 1. The van der Waals surface area contributed by atoms with E-state index in [4.69, 9.17) is 25.5 Å². The van der Waals surface area contributed by atoms with E-state index in [0.29, 0.717) is 34.2 Å². The summed E-state index contributed by atoms with van der Waals surface area (Å²) in [6, 6.07) is 15.3. The average Bonchev–Trinajstić information content (AvgIpc) is 3.74. The number of aliphatic hydroxyl groups is 1. The maximum atomic E-state index is 15.4. The fourth-order valence-electron chi connectivity index (χ4n) is 6.45. The Morgan fingerprint density at radius 1 is 1.07 bits per heavy atom. The standard InChI is InChI=1S/C32H33ClN4O7S/c1-35(2)18-20-5-12-29(43-4)26(15-20)32(36-19-22(38)17-28(36)30-34-13-14-44-30)25-16-21(33)6-11-27(25)37(31(32)39)45(40,41)24-9-7-23(42-3)8-10-24/h5-16,22,28,38H,17-19H2,1-4H3. The largest absolute Gasteiger partial charge is 0.497 e. The molecular weight excluding hydrogens is 620 g/mol. The summed E-state index contributed by atoms with van der Waals surface area (Å²) in [5, 5.41) is 11.4. The number of methoxy groups -OCH3 is 2. The Morgan fingerprint density at radius 2 is 1.82 bits per heavy atom. The summed E-state index contributed by atoms with van der Waals surface area (Å²) < 4.78 is 46.6. The summed E-state index contributed by atoms with van der Waals surface area (Å²) in [7, 11) is 2.35. The van der Waals surface area contributed by atoms with Gasteiger partial charge in [-0.2, -0.15) is 0 Å². The predicted molar refractivity (Wildman–Crippen MR) is 167 cm³/mol. The molecule has 0 bridgehead atoms. The molecule has 0 aliphatic carbocycles. The topological polar surface area (TPSA) is 126 Å². The molecule has 0 radical (unpaired) electrons. The van der Waals surface area contributed by atoms with Crippen molar-refractivity contribution in [3.8, 4) is 11.5 Å². The molecule has 13 heteroatoms. The molecule has 2 aliphatic rings. The van der Waals surface area contributed by atoms with Crippen molar-refractivity contribution in [2.45, 2.75) is 35.5 Å². The second-order valence-electron chi connectivity index (χ2n) is 11.3. The van der Waals surface area contributed by atoms with Crippen LogP contribution in [0.15, 0.2) is 82.4 Å². The van der Waals surface area contributed by atoms with Gasteiger partial charge >= 0.3 is 0 Å². The van der Waals surface area contributed by atoms with Crippen LogP contribution in [0, 0.1) is 0 Å². The van der Waals surface area contributed by atoms with Crippen LogP contribution < -0.4 is 13.8 Å². The van der Waals surface area contributed by atoms with Crippen molar-refractivity contribution in [3.05, 3.63) is 101 Å². The van der Waals surface area contributed by atoms with E-state index in [1.165, 1.54) is 57.0 Å². The summed E-state index contributed by atoms with van der Waals surface area (Å²) in [4.78, 5) is 23.4. The van der Waals surface area contributed by atoms with Gasteiger partial charge in [0.15, 0.2) is 5.54 Å². The Balaban J connectivity index is 1.68. The molecule has 45 heavy (non-hydrogen) atoms. The third-order valence-corrected chi connectivity index (χ3v) is 10.2. The molecule has 2 aliphatic heterocycles. The highest BCUT2D eigenvalue weighted by Crippen LogP contribution is 2.57. The van der Waals surface area contributed by atoms with Gasteiger partial charge in [-0.3, -0.25) is 9.69 Å². The quantitative estimate of drug-likeness (QED) is 0.281. The summed E-state index contributed by atoms with van der Waals surface area (Å²) in [6.07, 6.45) is 2.23. The zero-order valence-corrected chi connectivity index (χ0v) is 26.7. The zero-order valence-electron chi connectivity index (χ0n) is 25.2. The van der Waals surface area contributed by atoms with Crippen LogP contribution in [-0.4, -0.2) is 75.2 Å². The highest BCUT2D eigenvalue weighted by Gasteiger charge is 2.63. The van der Waals surface area contributed by atoms with Crippen molar-refractivity contribution >= 4 is 33.2 Å². The van der Waals surface area contributed by atoms with Gasteiger partial charge in [0.1, 0.15) is 17.8 Å². The normalized spacial score (nSPS) is 21.8. The van der Waals surface area contributed by atoms with Crippen LogP contribution in [0.4, 0.5) is 5.69 Å². The Labute approximate surface area is 266 Å². The highest BCUT2D eigenvalue weighted by molar-refractivity contribution is 7.93. The minimum absolute atomic E-state index is 0.00221. The molecule has 0 saturated carbocycles. The van der Waals surface area contributed by atoms with Crippen molar-refractivity contribution in [2.24, 2.45) is 0 Å². The molecule has 3 heterocycles. The Morgan fingerprint density at radius 3 is 2.47 bits per heavy atom. The van der Waals surface area contributed by atoms with E-state index in [9.17, 15) is 13.5 Å². The fraction of sp³-hybridized carbons (Fsp3) is 0.312. The maximum Gasteiger partial charge on any atom is 0.271 e. The fourth-order valence-corrected chi connectivity index (χ4v) is 8.08. The number of carbonyl (C=O) groups excluding carboxylic acids is 1. The van der Waals surface area contributed by atoms with E-state index in [1.807, 2.05) is 31.1 Å². The molecule has 0 spiro atoms. The number of rotatable bonds is 9. The van der Waals surface area contributed by atoms with E-state index in [2.05, 4.69) is 4.98 Å². The number of ether oxygens (including phenoxy) is 2. The van der Waals surface area contributed by atoms with Gasteiger partial charge in [0.05, 0.1) is 43.1 Å². The number of β-amino-alcohol motifs (C(OH)–C–C–N with tert-alkyl or cyclic N) is 1. The first-order valence-corrected chi connectivity index (χ1v) is 16.0. The Hall–Kier alpha value is -3.94. The smallest absolute Gasteiger partial charge is 0.271 e. The minimum atomic E-state index is -4.47. The molecular formula is C32H33ClN4O7S. The third kappa shape index (κ3) is 5.06. The molecule has 11 nitrogen and oxygen atoms in total. The van der Waals surface area contributed by atoms with Crippen LogP contribution in [0.25, 0.3) is 0 Å². The molecule has 1 fully saturated rings. The molecule has 4 aromatic rings. The number of amides is 1. The second-order valence-corrected chi connectivity index (χ2v) is 13.5. The SMILES string of the molecule is COc1ccc(S(=O)(=O)N2C(=O)C(c3cc(CN(C)C)ccc3OC)(N3CC(O)CC3c3ncco3)c3cc(Cl)ccc32)cc1. The number of sulfonamides is 1. The molecule has 6 rings (SSSR count). The van der Waals surface area contributed by atoms with Gasteiger partial charge in [-0.25, -0.2) is 17.7 Å². The lowest BCUT2D eigenvalue weighted by Gasteiger charge is -2.41. The van der Waals surface area contributed by atoms with Crippen molar-refractivity contribution < 1.29 is 32.2 Å². The molecule has 1 N–H and O–H groups in total. The summed E-state index contributed by atoms with van der Waals surface area (Å²) in [6.45, 7) is 0.533. The van der Waals surface area contributed by atoms with Gasteiger partial charge in [-0.15, -0.1) is 0 Å². The predicted octanol–water partition coefficient (Wildman–Crippen LogP) is 4.19. The number of aliphatic hydroxyl groups excluding tert-OH is 1. The zero-order chi connectivity index (χ0) is 32.1. The molecule has 3 unspecified atom stereocenters. The number of likely N-dealkylation sites (tertiary alicyclic amines) is 1. The summed E-state index contributed by atoms with van der Waals surface area (Å²) >= 11 is 6.61. The number of benzene rings is 3. The van der Waals surface area contributed by atoms with Crippen molar-refractivity contribution in [1.29, 1.82) is 0 Å². The van der Waals surface area contributed by atoms with Gasteiger partial charge in [-0.05, 0) is 80.7 Å². The van der Waals surface area contributed by atoms with Crippen LogP contribution in [0.2, 0.25) is 5.02 Å². The number of nitrogens with zero attached hydrogens (tertiary/aromatic N) is 4. The molecule has 1 aromatic heterocycles. The number of fused-ring (bicyclic) bond motifs is 1. The first-order chi connectivity index (χ1) is 21.5. The van der Waals surface area contributed by atoms with Gasteiger partial charge in [0.2, 0.25) is 5.89 Å². The van der Waals surface area contributed by atoms with Gasteiger partial charge in [-0.1, -0.05) is 17.7 Å². The molecule has 1 saturated heterocycles. The first kappa shape index (κ1) is 31.1. The molecule has 1 amide bonds. The van der Waals surface area contributed by atoms with Crippen LogP contribution >= 0.6 is 11.6 Å². The molecule has 3 aromatic carbocycles. The Bertz CT molecular complexity index is 1830. The first-order valence-electron chi connectivity index (χ1n) is 14.2. The van der Waals surface area contributed by atoms with E-state index >= 15 is 4.79 Å². The average molecular weight is 653 g/mol. The van der Waals surface area contributed by atoms with E-state index < -0.39 is 33.6 Å². The lowest BCUT2D eigenvalue weighted by molar-refractivity contribution is -0.127. The third-order valence-electron chi connectivity index (χ3n) is 8.26. The number of carbonyl (C=O) groups is 1. The van der Waals surface area contributed by atoms with Crippen LogP contribution in [0.3, 0.4) is 0 Å². The highest BCUT2D eigenvalue weighted by atomic mass is 35.5. The number of hydrogen-bond acceptors (Lipinski definition) is 10. The van der Waals surface area contributed by atoms with Gasteiger partial charge < -0.3 is 23.9 Å². The van der Waals surface area contributed by atoms with Crippen molar-refractivity contribution in [1.82, 2.24) is 14.8 Å². The lowest BCUT2D eigenvalue weighted by Crippen LogP contribution is -2.55. The number of oxazole rings is 1. The van der Waals surface area contributed by atoms with Crippen molar-refractivity contribution in [3.63, 3.8) is 0 Å². The van der Waals surface area contributed by atoms with Gasteiger partial charge in [0.25, 0.3) is 15.9 Å². The lowest BCUT2D eigenvalue weighted by atomic mass is 9.80. The van der Waals surface area contributed by atoms with E-state index in [0.717, 1.165) is 9.87 Å². The number of anilines is 1. The van der Waals surface area contributed by atoms with Crippen LogP contribution in [-0.2, 0) is 26.9 Å². The number of hydrogen-bond donors (Lipinski definition) is 1. The van der Waals surface area contributed by atoms with Crippen LogP contribution in [0.5, 0.6) is 11.5 Å². The van der Waals surface area contributed by atoms with E-state index in [-0.39, 0.29) is 29.4 Å². The summed E-state index contributed by atoms with van der Waals surface area (Å²) in [5.74, 6) is 0.322. The molecule has 3 atom stereocenters. The minimum Gasteiger partial charge on any atom is -0.497 e.